The molecule has 1 aliphatic rings. The van der Waals surface area contributed by atoms with E-state index in [-0.39, 0.29) is 18.2 Å². The summed E-state index contributed by atoms with van der Waals surface area (Å²) in [4.78, 5) is 24.9. The molecule has 1 fully saturated rings. The van der Waals surface area contributed by atoms with Crippen LogP contribution in [0.1, 0.15) is 12.1 Å². The molecule has 0 aliphatic carbocycles. The Morgan fingerprint density at radius 1 is 1.28 bits per heavy atom. The molecule has 2 unspecified atom stereocenters. The van der Waals surface area contributed by atoms with Gasteiger partial charge in [-0.1, -0.05) is 18.2 Å². The van der Waals surface area contributed by atoms with Gasteiger partial charge < -0.3 is 29.8 Å². The lowest BCUT2D eigenvalue weighted by Gasteiger charge is -2.18. The highest BCUT2D eigenvalue weighted by Crippen LogP contribution is 2.33. The number of esters is 1. The largest absolute Gasteiger partial charge is 0.423 e. The summed E-state index contributed by atoms with van der Waals surface area (Å²) in [6.45, 7) is 0.243. The van der Waals surface area contributed by atoms with E-state index in [0.29, 0.717) is 16.9 Å². The van der Waals surface area contributed by atoms with Crippen LogP contribution in [0.25, 0.3) is 17.2 Å². The van der Waals surface area contributed by atoms with Crippen LogP contribution in [0.15, 0.2) is 42.7 Å². The maximum atomic E-state index is 12.1. The fraction of sp³-hybridized carbons (Fsp3) is 0.333. The summed E-state index contributed by atoms with van der Waals surface area (Å²) in [5, 5.41) is 10.7. The maximum Gasteiger partial charge on any atom is 0.336 e. The van der Waals surface area contributed by atoms with Crippen molar-refractivity contribution >= 4 is 29.0 Å². The van der Waals surface area contributed by atoms with Crippen molar-refractivity contribution in [1.82, 2.24) is 19.5 Å². The fourth-order valence-corrected chi connectivity index (χ4v) is 3.54. The lowest BCUT2D eigenvalue weighted by Crippen LogP contribution is -2.35. The molecule has 1 aromatic carbocycles. The number of benzene rings is 1. The number of aliphatic hydroxyl groups excluding tert-OH is 1. The van der Waals surface area contributed by atoms with Crippen LogP contribution in [-0.2, 0) is 19.0 Å². The van der Waals surface area contributed by atoms with Crippen LogP contribution in [0, 0.1) is 0 Å². The number of para-hydroxylation sites is 1. The van der Waals surface area contributed by atoms with Crippen LogP contribution in [0.3, 0.4) is 0 Å². The average Bonchev–Trinajstić information content (AvgIpc) is 3.34. The predicted molar refractivity (Wildman–Crippen MR) is 113 cm³/mol. The number of carbonyl (C=O) groups is 1. The minimum atomic E-state index is -0.992. The van der Waals surface area contributed by atoms with E-state index in [1.807, 2.05) is 6.07 Å². The van der Waals surface area contributed by atoms with Crippen molar-refractivity contribution in [1.29, 1.82) is 0 Å². The molecule has 32 heavy (non-hydrogen) atoms. The molecule has 11 nitrogen and oxygen atoms in total. The van der Waals surface area contributed by atoms with Crippen molar-refractivity contribution in [2.24, 2.45) is 0 Å². The number of ether oxygens (including phenoxy) is 4. The first-order valence-electron chi connectivity index (χ1n) is 9.82. The van der Waals surface area contributed by atoms with Gasteiger partial charge in [0.1, 0.15) is 29.6 Å². The Balaban J connectivity index is 1.59. The van der Waals surface area contributed by atoms with Crippen LogP contribution in [0.2, 0.25) is 0 Å². The minimum absolute atomic E-state index is 0.119. The lowest BCUT2D eigenvalue weighted by atomic mass is 10.1. The molecule has 0 saturated carbocycles. The van der Waals surface area contributed by atoms with Crippen molar-refractivity contribution in [3.8, 4) is 5.75 Å². The van der Waals surface area contributed by atoms with Crippen molar-refractivity contribution in [2.75, 3.05) is 26.6 Å². The Bertz CT molecular complexity index is 1120. The number of anilines is 1. The summed E-state index contributed by atoms with van der Waals surface area (Å²) >= 11 is 0. The van der Waals surface area contributed by atoms with Gasteiger partial charge in [-0.25, -0.2) is 19.7 Å². The molecule has 0 radical (unpaired) electrons. The van der Waals surface area contributed by atoms with Gasteiger partial charge in [0.2, 0.25) is 0 Å². The van der Waals surface area contributed by atoms with E-state index in [0.717, 1.165) is 0 Å². The standard InChI is InChI=1S/C21H23N5O6/c1-29-10-13-18(30-2)17(28)21(32-13)26-11-23-16-19(22)24-14(25-20(16)26)8-9-15(27)31-12-6-4-3-5-7-12/h3-9,11,13,17-18,21,28H,10H2,1-2H3,(H2,22,24,25)/b9-8+/t13-,17?,18?,21-/m1/s1. The first-order chi connectivity index (χ1) is 15.5. The molecule has 1 saturated heterocycles. The molecule has 3 N–H and O–H groups in total. The Hall–Kier alpha value is -3.38. The summed E-state index contributed by atoms with van der Waals surface area (Å²) in [6, 6.07) is 8.68. The second kappa shape index (κ2) is 9.40. The molecule has 0 spiro atoms. The van der Waals surface area contributed by atoms with Gasteiger partial charge in [-0.3, -0.25) is 4.57 Å². The summed E-state index contributed by atoms with van der Waals surface area (Å²) < 4.78 is 23.2. The number of nitrogen functional groups attached to an aromatic ring is 1. The molecule has 3 aromatic rings. The summed E-state index contributed by atoms with van der Waals surface area (Å²) in [5.74, 6) is 0.119. The maximum absolute atomic E-state index is 12.1. The van der Waals surface area contributed by atoms with Gasteiger partial charge in [0, 0.05) is 20.3 Å². The normalized spacial score (nSPS) is 23.2. The van der Waals surface area contributed by atoms with Gasteiger partial charge in [-0.2, -0.15) is 0 Å². The van der Waals surface area contributed by atoms with Gasteiger partial charge >= 0.3 is 5.97 Å². The quantitative estimate of drug-likeness (QED) is 0.309. The van der Waals surface area contributed by atoms with Crippen LogP contribution < -0.4 is 10.5 Å². The minimum Gasteiger partial charge on any atom is -0.423 e. The lowest BCUT2D eigenvalue weighted by molar-refractivity contribution is -0.128. The number of methoxy groups -OCH3 is 2. The van der Waals surface area contributed by atoms with Gasteiger partial charge in [0.25, 0.3) is 0 Å². The van der Waals surface area contributed by atoms with Crippen LogP contribution >= 0.6 is 0 Å². The third-order valence-corrected chi connectivity index (χ3v) is 4.98. The summed E-state index contributed by atoms with van der Waals surface area (Å²) in [6.07, 6.45) is 1.16. The third kappa shape index (κ3) is 4.32. The molecule has 0 amide bonds. The molecule has 2 aromatic heterocycles. The average molecular weight is 441 g/mol. The number of aromatic nitrogens is 4. The third-order valence-electron chi connectivity index (χ3n) is 4.98. The molecule has 4 rings (SSSR count). The molecule has 3 heterocycles. The van der Waals surface area contributed by atoms with Crippen molar-refractivity contribution in [3.63, 3.8) is 0 Å². The SMILES string of the molecule is COC[C@H]1O[C@@H](n2cnc3c(N)nc(/C=C/C(=O)Oc4ccccc4)nc32)C(O)C1OC. The number of aliphatic hydroxyl groups is 1. The highest BCUT2D eigenvalue weighted by atomic mass is 16.6. The van der Waals surface area contributed by atoms with E-state index in [9.17, 15) is 9.90 Å². The van der Waals surface area contributed by atoms with E-state index in [4.69, 9.17) is 24.7 Å². The zero-order chi connectivity index (χ0) is 22.7. The van der Waals surface area contributed by atoms with Crippen molar-refractivity contribution in [2.45, 2.75) is 24.5 Å². The summed E-state index contributed by atoms with van der Waals surface area (Å²) in [7, 11) is 3.03. The Labute approximate surface area is 183 Å². The van der Waals surface area contributed by atoms with Gasteiger partial charge in [0.05, 0.1) is 12.9 Å². The van der Waals surface area contributed by atoms with E-state index in [2.05, 4.69) is 15.0 Å². The highest BCUT2D eigenvalue weighted by Gasteiger charge is 2.45. The smallest absolute Gasteiger partial charge is 0.336 e. The topological polar surface area (TPSA) is 144 Å². The van der Waals surface area contributed by atoms with Crippen LogP contribution in [0.4, 0.5) is 5.82 Å². The van der Waals surface area contributed by atoms with Gasteiger partial charge in [-0.15, -0.1) is 0 Å². The summed E-state index contributed by atoms with van der Waals surface area (Å²) in [5.41, 5.74) is 6.72. The predicted octanol–water partition coefficient (Wildman–Crippen LogP) is 0.947. The molecule has 0 bridgehead atoms. The van der Waals surface area contributed by atoms with E-state index in [1.165, 1.54) is 32.7 Å². The number of carbonyl (C=O) groups excluding carboxylic acids is 1. The molecule has 4 atom stereocenters. The molecule has 11 heteroatoms. The van der Waals surface area contributed by atoms with Crippen LogP contribution in [0.5, 0.6) is 5.75 Å². The molecular weight excluding hydrogens is 418 g/mol. The van der Waals surface area contributed by atoms with Crippen molar-refractivity contribution in [3.05, 3.63) is 48.6 Å². The fourth-order valence-electron chi connectivity index (χ4n) is 3.54. The number of hydrogen-bond acceptors (Lipinski definition) is 10. The number of hydrogen-bond donors (Lipinski definition) is 2. The Morgan fingerprint density at radius 2 is 2.06 bits per heavy atom. The Morgan fingerprint density at radius 3 is 2.78 bits per heavy atom. The number of rotatable bonds is 7. The zero-order valence-electron chi connectivity index (χ0n) is 17.5. The first-order valence-corrected chi connectivity index (χ1v) is 9.82. The molecule has 1 aliphatic heterocycles. The van der Waals surface area contributed by atoms with E-state index in [1.54, 1.807) is 28.8 Å². The van der Waals surface area contributed by atoms with Gasteiger partial charge in [-0.05, 0) is 18.2 Å². The van der Waals surface area contributed by atoms with Gasteiger partial charge in [0.15, 0.2) is 23.5 Å². The van der Waals surface area contributed by atoms with Crippen molar-refractivity contribution < 1.29 is 28.8 Å². The second-order valence-electron chi connectivity index (χ2n) is 7.07. The zero-order valence-corrected chi connectivity index (χ0v) is 17.5. The van der Waals surface area contributed by atoms with E-state index < -0.39 is 30.5 Å². The number of imidazole rings is 1. The van der Waals surface area contributed by atoms with Crippen LogP contribution in [-0.4, -0.2) is 69.7 Å². The molecular formula is C21H23N5O6. The number of fused-ring (bicyclic) bond motifs is 1. The van der Waals surface area contributed by atoms with E-state index >= 15 is 0 Å². The first kappa shape index (κ1) is 21.8. The monoisotopic (exact) mass is 441 g/mol. The number of nitrogens with two attached hydrogens (primary N) is 1. The molecule has 168 valence electrons. The highest BCUT2D eigenvalue weighted by molar-refractivity contribution is 5.89. The second-order valence-corrected chi connectivity index (χ2v) is 7.07. The number of nitrogens with zero attached hydrogens (tertiary/aromatic N) is 4. The Kier molecular flexibility index (Phi) is 6.42.